The van der Waals surface area contributed by atoms with Crippen molar-refractivity contribution in [2.45, 2.75) is 12.8 Å². The largest absolute Gasteiger partial charge is 0.330 e. The summed E-state index contributed by atoms with van der Waals surface area (Å²) >= 11 is 5.46. The van der Waals surface area contributed by atoms with Gasteiger partial charge in [0.1, 0.15) is 11.6 Å². The van der Waals surface area contributed by atoms with Crippen molar-refractivity contribution in [2.75, 3.05) is 6.54 Å². The molecule has 0 spiro atoms. The SMILES string of the molecule is CC(CN)c1c(F)cc(Cl)cc1F. The smallest absolute Gasteiger partial charge is 0.131 e. The highest BCUT2D eigenvalue weighted by Crippen LogP contribution is 2.24. The first kappa shape index (κ1) is 10.4. The Morgan fingerprint density at radius 2 is 1.85 bits per heavy atom. The Balaban J connectivity index is 3.20. The molecule has 0 aliphatic heterocycles. The average molecular weight is 206 g/mol. The molecule has 0 radical (unpaired) electrons. The molecule has 0 heterocycles. The van der Waals surface area contributed by atoms with Crippen LogP contribution in [-0.4, -0.2) is 6.54 Å². The van der Waals surface area contributed by atoms with E-state index in [2.05, 4.69) is 0 Å². The number of halogens is 3. The third-order valence-electron chi connectivity index (χ3n) is 1.89. The Morgan fingerprint density at radius 1 is 1.38 bits per heavy atom. The first-order valence-electron chi connectivity index (χ1n) is 3.90. The zero-order valence-electron chi connectivity index (χ0n) is 7.15. The number of benzene rings is 1. The van der Waals surface area contributed by atoms with Crippen LogP contribution in [-0.2, 0) is 0 Å². The minimum atomic E-state index is -0.636. The lowest BCUT2D eigenvalue weighted by atomic mass is 10.0. The zero-order chi connectivity index (χ0) is 10.0. The fourth-order valence-corrected chi connectivity index (χ4v) is 1.33. The van der Waals surface area contributed by atoms with E-state index < -0.39 is 11.6 Å². The monoisotopic (exact) mass is 205 g/mol. The van der Waals surface area contributed by atoms with E-state index in [-0.39, 0.29) is 23.0 Å². The molecule has 0 saturated carbocycles. The lowest BCUT2D eigenvalue weighted by Crippen LogP contribution is -2.12. The highest BCUT2D eigenvalue weighted by molar-refractivity contribution is 6.30. The second-order valence-corrected chi connectivity index (χ2v) is 3.36. The number of hydrogen-bond donors (Lipinski definition) is 1. The summed E-state index contributed by atoms with van der Waals surface area (Å²) in [7, 11) is 0. The molecule has 1 aromatic rings. The van der Waals surface area contributed by atoms with Gasteiger partial charge in [-0.2, -0.15) is 0 Å². The zero-order valence-corrected chi connectivity index (χ0v) is 7.91. The van der Waals surface area contributed by atoms with Crippen LogP contribution in [0.5, 0.6) is 0 Å². The maximum Gasteiger partial charge on any atom is 0.131 e. The second-order valence-electron chi connectivity index (χ2n) is 2.92. The molecule has 0 aromatic heterocycles. The predicted octanol–water partition coefficient (Wildman–Crippen LogP) is 2.68. The van der Waals surface area contributed by atoms with Crippen LogP contribution in [0.3, 0.4) is 0 Å². The fourth-order valence-electron chi connectivity index (χ4n) is 1.14. The van der Waals surface area contributed by atoms with Crippen LogP contribution >= 0.6 is 11.6 Å². The second kappa shape index (κ2) is 4.03. The van der Waals surface area contributed by atoms with Gasteiger partial charge in [0.05, 0.1) is 0 Å². The van der Waals surface area contributed by atoms with Crippen LogP contribution in [0.1, 0.15) is 18.4 Å². The van der Waals surface area contributed by atoms with Crippen molar-refractivity contribution in [3.63, 3.8) is 0 Å². The molecule has 0 amide bonds. The molecule has 1 rings (SSSR count). The molecule has 1 nitrogen and oxygen atoms in total. The Kier molecular flexibility index (Phi) is 3.22. The molecule has 0 saturated heterocycles. The highest BCUT2D eigenvalue weighted by atomic mass is 35.5. The molecule has 0 bridgehead atoms. The van der Waals surface area contributed by atoms with Gasteiger partial charge < -0.3 is 5.73 Å². The van der Waals surface area contributed by atoms with Crippen LogP contribution in [0.25, 0.3) is 0 Å². The molecule has 72 valence electrons. The minimum Gasteiger partial charge on any atom is -0.330 e. The van der Waals surface area contributed by atoms with E-state index in [1.807, 2.05) is 0 Å². The van der Waals surface area contributed by atoms with E-state index >= 15 is 0 Å². The van der Waals surface area contributed by atoms with Gasteiger partial charge in [0, 0.05) is 10.6 Å². The maximum absolute atomic E-state index is 13.2. The molecule has 0 aliphatic carbocycles. The first-order valence-corrected chi connectivity index (χ1v) is 4.28. The standard InChI is InChI=1S/C9H10ClF2N/c1-5(4-13)9-7(11)2-6(10)3-8(9)12/h2-3,5H,4,13H2,1H3. The van der Waals surface area contributed by atoms with Gasteiger partial charge in [0.2, 0.25) is 0 Å². The van der Waals surface area contributed by atoms with Crippen molar-refractivity contribution in [3.05, 3.63) is 34.4 Å². The molecule has 2 N–H and O–H groups in total. The van der Waals surface area contributed by atoms with Crippen molar-refractivity contribution in [1.82, 2.24) is 0 Å². The summed E-state index contributed by atoms with van der Waals surface area (Å²) in [5, 5.41) is 0.0583. The van der Waals surface area contributed by atoms with Gasteiger partial charge in [-0.05, 0) is 24.6 Å². The van der Waals surface area contributed by atoms with Crippen molar-refractivity contribution >= 4 is 11.6 Å². The normalized spacial score (nSPS) is 13.0. The number of rotatable bonds is 2. The molecule has 1 unspecified atom stereocenters. The van der Waals surface area contributed by atoms with E-state index in [1.165, 1.54) is 0 Å². The van der Waals surface area contributed by atoms with Gasteiger partial charge in [-0.3, -0.25) is 0 Å². The van der Waals surface area contributed by atoms with Gasteiger partial charge >= 0.3 is 0 Å². The van der Waals surface area contributed by atoms with Crippen molar-refractivity contribution < 1.29 is 8.78 Å². The highest BCUT2D eigenvalue weighted by Gasteiger charge is 2.15. The van der Waals surface area contributed by atoms with Crippen LogP contribution in [0, 0.1) is 11.6 Å². The first-order chi connectivity index (χ1) is 6.06. The van der Waals surface area contributed by atoms with Crippen LogP contribution in [0.2, 0.25) is 5.02 Å². The average Bonchev–Trinajstić information content (AvgIpc) is 2.02. The van der Waals surface area contributed by atoms with E-state index in [0.29, 0.717) is 0 Å². The predicted molar refractivity (Wildman–Crippen MR) is 48.8 cm³/mol. The topological polar surface area (TPSA) is 26.0 Å². The van der Waals surface area contributed by atoms with Crippen molar-refractivity contribution in [3.8, 4) is 0 Å². The quantitative estimate of drug-likeness (QED) is 0.790. The van der Waals surface area contributed by atoms with Crippen LogP contribution in [0.4, 0.5) is 8.78 Å². The molecule has 4 heteroatoms. The van der Waals surface area contributed by atoms with Crippen LogP contribution < -0.4 is 5.73 Å². The number of hydrogen-bond acceptors (Lipinski definition) is 1. The van der Waals surface area contributed by atoms with E-state index in [4.69, 9.17) is 17.3 Å². The summed E-state index contributed by atoms with van der Waals surface area (Å²) in [6.07, 6.45) is 0. The molecule has 13 heavy (non-hydrogen) atoms. The molecule has 0 aliphatic rings. The lowest BCUT2D eigenvalue weighted by Gasteiger charge is -2.11. The summed E-state index contributed by atoms with van der Waals surface area (Å²) in [5.74, 6) is -1.61. The van der Waals surface area contributed by atoms with Gasteiger partial charge in [-0.25, -0.2) is 8.78 Å². The molecular weight excluding hydrogens is 196 g/mol. The van der Waals surface area contributed by atoms with Gasteiger partial charge in [-0.1, -0.05) is 18.5 Å². The summed E-state index contributed by atoms with van der Waals surface area (Å²) in [6, 6.07) is 2.18. The molecule has 1 atom stereocenters. The molecule has 1 aromatic carbocycles. The van der Waals surface area contributed by atoms with E-state index in [9.17, 15) is 8.78 Å². The van der Waals surface area contributed by atoms with Crippen molar-refractivity contribution in [1.29, 1.82) is 0 Å². The van der Waals surface area contributed by atoms with E-state index in [1.54, 1.807) is 6.92 Å². The van der Waals surface area contributed by atoms with Crippen molar-refractivity contribution in [2.24, 2.45) is 5.73 Å². The minimum absolute atomic E-state index is 0.00639. The van der Waals surface area contributed by atoms with Crippen LogP contribution in [0.15, 0.2) is 12.1 Å². The number of nitrogens with two attached hydrogens (primary N) is 1. The Bertz CT molecular complexity index is 291. The summed E-state index contributed by atoms with van der Waals surface area (Å²) in [5.41, 5.74) is 5.32. The Hall–Kier alpha value is -0.670. The Labute approximate surface area is 80.5 Å². The fraction of sp³-hybridized carbons (Fsp3) is 0.333. The van der Waals surface area contributed by atoms with Gasteiger partial charge in [0.25, 0.3) is 0 Å². The van der Waals surface area contributed by atoms with E-state index in [0.717, 1.165) is 12.1 Å². The molecule has 0 fully saturated rings. The summed E-state index contributed by atoms with van der Waals surface area (Å²) in [4.78, 5) is 0. The van der Waals surface area contributed by atoms with Gasteiger partial charge in [-0.15, -0.1) is 0 Å². The lowest BCUT2D eigenvalue weighted by molar-refractivity contribution is 0.534. The Morgan fingerprint density at radius 3 is 2.23 bits per heavy atom. The summed E-state index contributed by atoms with van der Waals surface area (Å²) < 4.78 is 26.3. The summed E-state index contributed by atoms with van der Waals surface area (Å²) in [6.45, 7) is 1.87. The van der Waals surface area contributed by atoms with Gasteiger partial charge in [0.15, 0.2) is 0 Å². The maximum atomic E-state index is 13.2. The third-order valence-corrected chi connectivity index (χ3v) is 2.11. The molecular formula is C9H10ClF2N. The third kappa shape index (κ3) is 2.17.